The fourth-order valence-corrected chi connectivity index (χ4v) is 2.12. The Morgan fingerprint density at radius 3 is 3.00 bits per heavy atom. The third-order valence-electron chi connectivity index (χ3n) is 0.920. The average molecular weight is 148 g/mol. The molecule has 0 aromatic carbocycles. The van der Waals surface area contributed by atoms with E-state index >= 15 is 0 Å². The lowest BCUT2D eigenvalue weighted by Crippen LogP contribution is -1.93. The van der Waals surface area contributed by atoms with Gasteiger partial charge >= 0.3 is 0 Å². The van der Waals surface area contributed by atoms with E-state index in [4.69, 9.17) is 4.12 Å². The van der Waals surface area contributed by atoms with Gasteiger partial charge in [0.2, 0.25) is 0 Å². The van der Waals surface area contributed by atoms with Crippen LogP contribution in [0.1, 0.15) is 12.8 Å². The van der Waals surface area contributed by atoms with Crippen molar-refractivity contribution < 1.29 is 8.91 Å². The first kappa shape index (κ1) is 8.06. The van der Waals surface area contributed by atoms with Gasteiger partial charge in [-0.3, -0.25) is 0 Å². The maximum Gasteiger partial charge on any atom is 0.145 e. The average Bonchev–Trinajstić information content (AvgIpc) is 1.81. The van der Waals surface area contributed by atoms with E-state index in [0.29, 0.717) is 0 Å². The van der Waals surface area contributed by atoms with E-state index in [0.717, 1.165) is 29.6 Å². The predicted molar refractivity (Wildman–Crippen MR) is 39.7 cm³/mol. The Hall–Kier alpha value is 0.0638. The monoisotopic (exact) mass is 148 g/mol. The summed E-state index contributed by atoms with van der Waals surface area (Å²) >= 11 is 0. The second-order valence-corrected chi connectivity index (χ2v) is 5.08. The molecule has 0 N–H and O–H groups in total. The molecule has 0 amide bonds. The lowest BCUT2D eigenvalue weighted by molar-refractivity contribution is -0.107. The van der Waals surface area contributed by atoms with Crippen molar-refractivity contribution in [2.24, 2.45) is 0 Å². The smallest absolute Gasteiger partial charge is 0.145 e. The van der Waals surface area contributed by atoms with Crippen molar-refractivity contribution >= 4 is 26.5 Å². The van der Waals surface area contributed by atoms with Gasteiger partial charge < -0.3 is 8.91 Å². The van der Waals surface area contributed by atoms with Crippen molar-refractivity contribution in [1.29, 1.82) is 0 Å². The van der Waals surface area contributed by atoms with Crippen LogP contribution in [0.2, 0.25) is 6.04 Å². The van der Waals surface area contributed by atoms with E-state index in [-0.39, 0.29) is 9.76 Å². The van der Waals surface area contributed by atoms with Crippen LogP contribution in [0.3, 0.4) is 0 Å². The summed E-state index contributed by atoms with van der Waals surface area (Å²) in [5.74, 6) is 0. The molecule has 0 aromatic heterocycles. The molecule has 0 aliphatic carbocycles. The quantitative estimate of drug-likeness (QED) is 0.277. The molecule has 0 aliphatic heterocycles. The predicted octanol–water partition coefficient (Wildman–Crippen LogP) is -1.24. The summed E-state index contributed by atoms with van der Waals surface area (Å²) in [4.78, 5) is 9.75. The Kier molecular flexibility index (Phi) is 7.12. The molecule has 0 heterocycles. The minimum atomic E-state index is -0.196. The van der Waals surface area contributed by atoms with Crippen molar-refractivity contribution in [2.75, 3.05) is 0 Å². The SMILES string of the molecule is O=CCCC[SiH2]O[SiH3]. The molecule has 0 fully saturated rings. The van der Waals surface area contributed by atoms with Gasteiger partial charge in [0.05, 0.1) is 0 Å². The van der Waals surface area contributed by atoms with Gasteiger partial charge in [-0.25, -0.2) is 0 Å². The molecule has 4 heteroatoms. The Morgan fingerprint density at radius 1 is 1.75 bits per heavy atom. The Labute approximate surface area is 55.1 Å². The van der Waals surface area contributed by atoms with E-state index < -0.39 is 0 Å². The fraction of sp³-hybridized carbons (Fsp3) is 0.750. The fourth-order valence-electron chi connectivity index (χ4n) is 0.474. The number of hydrogen-bond donors (Lipinski definition) is 0. The van der Waals surface area contributed by atoms with E-state index in [1.54, 1.807) is 0 Å². The van der Waals surface area contributed by atoms with Gasteiger partial charge in [-0.15, -0.1) is 0 Å². The number of hydrogen-bond acceptors (Lipinski definition) is 2. The van der Waals surface area contributed by atoms with Crippen LogP contribution in [-0.4, -0.2) is 26.5 Å². The molecular weight excluding hydrogens is 136 g/mol. The van der Waals surface area contributed by atoms with Crippen LogP contribution in [0.25, 0.3) is 0 Å². The van der Waals surface area contributed by atoms with Crippen molar-refractivity contribution in [2.45, 2.75) is 18.9 Å². The number of unbranched alkanes of at least 4 members (excludes halogenated alkanes) is 1. The summed E-state index contributed by atoms with van der Waals surface area (Å²) in [7, 11) is 0.685. The zero-order valence-corrected chi connectivity index (χ0v) is 8.64. The van der Waals surface area contributed by atoms with Crippen LogP contribution in [0, 0.1) is 0 Å². The first-order valence-electron chi connectivity index (χ1n) is 2.84. The topological polar surface area (TPSA) is 26.3 Å². The first-order valence-corrected chi connectivity index (χ1v) is 5.23. The third kappa shape index (κ3) is 6.06. The van der Waals surface area contributed by atoms with Gasteiger partial charge in [-0.1, -0.05) is 0 Å². The van der Waals surface area contributed by atoms with Crippen LogP contribution in [0.15, 0.2) is 0 Å². The van der Waals surface area contributed by atoms with Gasteiger partial charge in [-0.2, -0.15) is 0 Å². The van der Waals surface area contributed by atoms with Crippen LogP contribution in [-0.2, 0) is 8.91 Å². The highest BCUT2D eigenvalue weighted by Crippen LogP contribution is 1.90. The van der Waals surface area contributed by atoms with E-state index in [9.17, 15) is 4.79 Å². The summed E-state index contributed by atoms with van der Waals surface area (Å²) in [6.45, 7) is 0. The number of rotatable bonds is 5. The zero-order valence-electron chi connectivity index (χ0n) is 5.22. The van der Waals surface area contributed by atoms with Crippen LogP contribution in [0.5, 0.6) is 0 Å². The zero-order chi connectivity index (χ0) is 6.24. The first-order chi connectivity index (χ1) is 3.91. The largest absolute Gasteiger partial charge is 0.468 e. The van der Waals surface area contributed by atoms with Crippen molar-refractivity contribution in [3.8, 4) is 0 Å². The highest BCUT2D eigenvalue weighted by Gasteiger charge is 1.84. The van der Waals surface area contributed by atoms with Gasteiger partial charge in [0.1, 0.15) is 26.5 Å². The van der Waals surface area contributed by atoms with Crippen molar-refractivity contribution in [3.63, 3.8) is 0 Å². The molecule has 48 valence electrons. The molecular formula is C4H12O2Si2. The van der Waals surface area contributed by atoms with Gasteiger partial charge in [0.25, 0.3) is 0 Å². The van der Waals surface area contributed by atoms with E-state index in [1.165, 1.54) is 6.04 Å². The maximum atomic E-state index is 9.75. The minimum Gasteiger partial charge on any atom is -0.468 e. The van der Waals surface area contributed by atoms with Crippen LogP contribution in [0.4, 0.5) is 0 Å². The lowest BCUT2D eigenvalue weighted by Gasteiger charge is -1.91. The van der Waals surface area contributed by atoms with Gasteiger partial charge in [0, 0.05) is 6.42 Å². The summed E-state index contributed by atoms with van der Waals surface area (Å²) in [5, 5.41) is 0. The van der Waals surface area contributed by atoms with E-state index in [2.05, 4.69) is 0 Å². The normalized spacial score (nSPS) is 11.0. The number of aldehydes is 1. The molecule has 8 heavy (non-hydrogen) atoms. The molecule has 0 saturated heterocycles. The van der Waals surface area contributed by atoms with Gasteiger partial charge in [-0.05, 0) is 12.5 Å². The van der Waals surface area contributed by atoms with Crippen LogP contribution < -0.4 is 0 Å². The Bertz CT molecular complexity index is 58.0. The van der Waals surface area contributed by atoms with E-state index in [1.807, 2.05) is 0 Å². The Morgan fingerprint density at radius 2 is 2.50 bits per heavy atom. The second-order valence-electron chi connectivity index (χ2n) is 1.66. The van der Waals surface area contributed by atoms with Crippen LogP contribution >= 0.6 is 0 Å². The maximum absolute atomic E-state index is 9.75. The third-order valence-corrected chi connectivity index (χ3v) is 3.34. The molecule has 0 bridgehead atoms. The molecule has 0 aromatic rings. The molecule has 0 atom stereocenters. The molecule has 0 unspecified atom stereocenters. The Balaban J connectivity index is 2.62. The molecule has 2 nitrogen and oxygen atoms in total. The molecule has 0 aliphatic rings. The highest BCUT2D eigenvalue weighted by molar-refractivity contribution is 6.34. The highest BCUT2D eigenvalue weighted by atomic mass is 28.3. The molecule has 0 saturated carbocycles. The summed E-state index contributed by atoms with van der Waals surface area (Å²) in [6.07, 6.45) is 2.73. The number of carbonyl (C=O) groups excluding carboxylic acids is 1. The lowest BCUT2D eigenvalue weighted by atomic mass is 10.4. The van der Waals surface area contributed by atoms with Gasteiger partial charge in [0.15, 0.2) is 0 Å². The standard InChI is InChI=1S/C4H12O2Si2/c5-3-1-2-4-8-6-7/h3H,1-2,4,8H2,7H3. The molecule has 0 rings (SSSR count). The summed E-state index contributed by atoms with van der Waals surface area (Å²) < 4.78 is 5.05. The minimum absolute atomic E-state index is 0.196. The summed E-state index contributed by atoms with van der Waals surface area (Å²) in [6, 6.07) is 1.17. The van der Waals surface area contributed by atoms with Crippen molar-refractivity contribution in [3.05, 3.63) is 0 Å². The van der Waals surface area contributed by atoms with Crippen molar-refractivity contribution in [1.82, 2.24) is 0 Å². The number of carbonyl (C=O) groups is 1. The summed E-state index contributed by atoms with van der Waals surface area (Å²) in [5.41, 5.74) is 0. The molecule has 0 spiro atoms. The second kappa shape index (κ2) is 7.06. The molecule has 0 radical (unpaired) electrons.